The minimum atomic E-state index is -0.222. The zero-order valence-electron chi connectivity index (χ0n) is 13.6. The maximum Gasteiger partial charge on any atom is 0.252 e. The number of thiazole rings is 1. The molecule has 0 saturated heterocycles. The summed E-state index contributed by atoms with van der Waals surface area (Å²) in [7, 11) is 0. The van der Waals surface area contributed by atoms with Crippen molar-refractivity contribution in [1.29, 1.82) is 0 Å². The number of nitrogens with zero attached hydrogens (tertiary/aromatic N) is 2. The molecule has 0 bridgehead atoms. The molecule has 0 unspecified atom stereocenters. The fourth-order valence-electron chi connectivity index (χ4n) is 2.40. The standard InChI is InChI=1S/C17H17N5O2S/c1-10-7-12(8-13-14(10)22-17(18)25-13)16(24)21-6-5-20-15(23)11-3-2-4-19-9-11/h2-4,7-9H,5-6H2,1H3,(H2,18,22)(H,20,23)(H,21,24). The summed E-state index contributed by atoms with van der Waals surface area (Å²) in [6.45, 7) is 2.55. The average molecular weight is 355 g/mol. The smallest absolute Gasteiger partial charge is 0.252 e. The molecule has 0 saturated carbocycles. The highest BCUT2D eigenvalue weighted by atomic mass is 32.1. The molecule has 2 amide bonds. The number of hydrogen-bond donors (Lipinski definition) is 3. The lowest BCUT2D eigenvalue weighted by Gasteiger charge is -2.08. The number of hydrogen-bond acceptors (Lipinski definition) is 6. The number of carbonyl (C=O) groups is 2. The summed E-state index contributed by atoms with van der Waals surface area (Å²) in [4.78, 5) is 32.3. The number of nitrogens with one attached hydrogen (secondary N) is 2. The van der Waals surface area contributed by atoms with E-state index in [2.05, 4.69) is 20.6 Å². The van der Waals surface area contributed by atoms with Crippen LogP contribution in [0, 0.1) is 6.92 Å². The van der Waals surface area contributed by atoms with Crippen molar-refractivity contribution in [1.82, 2.24) is 20.6 Å². The van der Waals surface area contributed by atoms with Crippen molar-refractivity contribution in [2.24, 2.45) is 0 Å². The van der Waals surface area contributed by atoms with E-state index in [4.69, 9.17) is 5.73 Å². The lowest BCUT2D eigenvalue weighted by atomic mass is 10.1. The topological polar surface area (TPSA) is 110 Å². The van der Waals surface area contributed by atoms with Gasteiger partial charge in [-0.1, -0.05) is 11.3 Å². The molecule has 1 aromatic carbocycles. The molecule has 0 atom stereocenters. The Morgan fingerprint density at radius 1 is 1.16 bits per heavy atom. The van der Waals surface area contributed by atoms with E-state index >= 15 is 0 Å². The maximum absolute atomic E-state index is 12.3. The van der Waals surface area contributed by atoms with Gasteiger partial charge in [0.15, 0.2) is 5.13 Å². The molecule has 2 aromatic heterocycles. The van der Waals surface area contributed by atoms with Gasteiger partial charge >= 0.3 is 0 Å². The number of carbonyl (C=O) groups excluding carboxylic acids is 2. The second-order valence-corrected chi connectivity index (χ2v) is 6.51. The van der Waals surface area contributed by atoms with Gasteiger partial charge in [-0.3, -0.25) is 14.6 Å². The number of fused-ring (bicyclic) bond motifs is 1. The summed E-state index contributed by atoms with van der Waals surface area (Å²) < 4.78 is 0.882. The minimum Gasteiger partial charge on any atom is -0.375 e. The van der Waals surface area contributed by atoms with Crippen molar-refractivity contribution in [2.75, 3.05) is 18.8 Å². The number of aromatic nitrogens is 2. The molecule has 2 heterocycles. The molecule has 7 nitrogen and oxygen atoms in total. The molecule has 0 aliphatic rings. The highest BCUT2D eigenvalue weighted by molar-refractivity contribution is 7.22. The van der Waals surface area contributed by atoms with Crippen molar-refractivity contribution in [3.63, 3.8) is 0 Å². The Labute approximate surface area is 148 Å². The fraction of sp³-hybridized carbons (Fsp3) is 0.176. The molecule has 0 fully saturated rings. The number of amides is 2. The molecule has 0 spiro atoms. The van der Waals surface area contributed by atoms with Gasteiger partial charge in [0.05, 0.1) is 15.8 Å². The van der Waals surface area contributed by atoms with Crippen molar-refractivity contribution in [3.8, 4) is 0 Å². The van der Waals surface area contributed by atoms with Crippen LogP contribution in [-0.2, 0) is 0 Å². The molecule has 0 radical (unpaired) electrons. The number of nitrogen functional groups attached to an aromatic ring is 1. The predicted octanol–water partition coefficient (Wildman–Crippen LogP) is 1.74. The Hall–Kier alpha value is -3.00. The van der Waals surface area contributed by atoms with E-state index in [-0.39, 0.29) is 11.8 Å². The van der Waals surface area contributed by atoms with E-state index < -0.39 is 0 Å². The third-order valence-corrected chi connectivity index (χ3v) is 4.42. The Kier molecular flexibility index (Phi) is 4.90. The van der Waals surface area contributed by atoms with Gasteiger partial charge in [-0.15, -0.1) is 0 Å². The van der Waals surface area contributed by atoms with E-state index in [0.29, 0.717) is 29.3 Å². The first-order valence-electron chi connectivity index (χ1n) is 7.67. The summed E-state index contributed by atoms with van der Waals surface area (Å²) in [5, 5.41) is 6.00. The first-order chi connectivity index (χ1) is 12.0. The van der Waals surface area contributed by atoms with Gasteiger partial charge in [-0.25, -0.2) is 4.98 Å². The molecule has 3 aromatic rings. The quantitative estimate of drug-likeness (QED) is 0.604. The van der Waals surface area contributed by atoms with Crippen LogP contribution in [-0.4, -0.2) is 34.9 Å². The zero-order chi connectivity index (χ0) is 17.8. The van der Waals surface area contributed by atoms with Crippen LogP contribution in [0.3, 0.4) is 0 Å². The maximum atomic E-state index is 12.3. The number of benzene rings is 1. The van der Waals surface area contributed by atoms with Gasteiger partial charge in [0.1, 0.15) is 0 Å². The Morgan fingerprint density at radius 2 is 1.88 bits per heavy atom. The van der Waals surface area contributed by atoms with Gasteiger partial charge in [0.2, 0.25) is 0 Å². The molecule has 0 aliphatic heterocycles. The highest BCUT2D eigenvalue weighted by Crippen LogP contribution is 2.27. The molecular weight excluding hydrogens is 338 g/mol. The van der Waals surface area contributed by atoms with Crippen LogP contribution in [0.15, 0.2) is 36.7 Å². The fourth-order valence-corrected chi connectivity index (χ4v) is 3.25. The van der Waals surface area contributed by atoms with Crippen LogP contribution in [0.5, 0.6) is 0 Å². The number of rotatable bonds is 5. The van der Waals surface area contributed by atoms with E-state index in [9.17, 15) is 9.59 Å². The third kappa shape index (κ3) is 3.92. The van der Waals surface area contributed by atoms with Crippen molar-refractivity contribution >= 4 is 38.5 Å². The second-order valence-electron chi connectivity index (χ2n) is 5.45. The predicted molar refractivity (Wildman–Crippen MR) is 97.7 cm³/mol. The van der Waals surface area contributed by atoms with Crippen LogP contribution < -0.4 is 16.4 Å². The van der Waals surface area contributed by atoms with E-state index in [1.807, 2.05) is 6.92 Å². The Balaban J connectivity index is 1.55. The monoisotopic (exact) mass is 355 g/mol. The first-order valence-corrected chi connectivity index (χ1v) is 8.49. The van der Waals surface area contributed by atoms with Crippen molar-refractivity contribution in [2.45, 2.75) is 6.92 Å². The van der Waals surface area contributed by atoms with Crippen LogP contribution >= 0.6 is 11.3 Å². The van der Waals surface area contributed by atoms with Crippen molar-refractivity contribution < 1.29 is 9.59 Å². The number of anilines is 1. The van der Waals surface area contributed by atoms with Crippen molar-refractivity contribution in [3.05, 3.63) is 53.3 Å². The first kappa shape index (κ1) is 16.8. The summed E-state index contributed by atoms with van der Waals surface area (Å²) in [5.74, 6) is -0.424. The van der Waals surface area contributed by atoms with Crippen LogP contribution in [0.1, 0.15) is 26.3 Å². The van der Waals surface area contributed by atoms with Gasteiger partial charge in [0, 0.05) is 31.0 Å². The zero-order valence-corrected chi connectivity index (χ0v) is 14.4. The molecule has 128 valence electrons. The largest absolute Gasteiger partial charge is 0.375 e. The Bertz CT molecular complexity index is 923. The third-order valence-electron chi connectivity index (χ3n) is 3.58. The SMILES string of the molecule is Cc1cc(C(=O)NCCNC(=O)c2cccnc2)cc2sc(N)nc12. The molecule has 4 N–H and O–H groups in total. The van der Waals surface area contributed by atoms with Crippen LogP contribution in [0.2, 0.25) is 0 Å². The van der Waals surface area contributed by atoms with E-state index in [1.165, 1.54) is 17.5 Å². The van der Waals surface area contributed by atoms with Crippen LogP contribution in [0.25, 0.3) is 10.2 Å². The normalized spacial score (nSPS) is 10.6. The number of pyridine rings is 1. The van der Waals surface area contributed by atoms with Crippen LogP contribution in [0.4, 0.5) is 5.13 Å². The van der Waals surface area contributed by atoms with Gasteiger partial charge < -0.3 is 16.4 Å². The summed E-state index contributed by atoms with van der Waals surface area (Å²) in [5.41, 5.74) is 8.48. The summed E-state index contributed by atoms with van der Waals surface area (Å²) in [6.07, 6.45) is 3.10. The van der Waals surface area contributed by atoms with E-state index in [0.717, 1.165) is 15.8 Å². The summed E-state index contributed by atoms with van der Waals surface area (Å²) >= 11 is 1.35. The van der Waals surface area contributed by atoms with Gasteiger partial charge in [0.25, 0.3) is 11.8 Å². The second kappa shape index (κ2) is 7.27. The minimum absolute atomic E-state index is 0.201. The molecule has 3 rings (SSSR count). The Morgan fingerprint density at radius 3 is 2.56 bits per heavy atom. The highest BCUT2D eigenvalue weighted by Gasteiger charge is 2.11. The lowest BCUT2D eigenvalue weighted by Crippen LogP contribution is -2.34. The average Bonchev–Trinajstić information content (AvgIpc) is 3.00. The van der Waals surface area contributed by atoms with Gasteiger partial charge in [-0.2, -0.15) is 0 Å². The molecule has 8 heteroatoms. The number of nitrogens with two attached hydrogens (primary N) is 1. The molecule has 25 heavy (non-hydrogen) atoms. The van der Waals surface area contributed by atoms with E-state index in [1.54, 1.807) is 30.5 Å². The molecular formula is C17H17N5O2S. The number of aryl methyl sites for hydroxylation is 1. The van der Waals surface area contributed by atoms with Gasteiger partial charge in [-0.05, 0) is 36.8 Å². The lowest BCUT2D eigenvalue weighted by molar-refractivity contribution is 0.0927. The molecule has 0 aliphatic carbocycles. The summed E-state index contributed by atoms with van der Waals surface area (Å²) in [6, 6.07) is 6.94.